The van der Waals surface area contributed by atoms with E-state index in [9.17, 15) is 31.5 Å². The number of benzene rings is 2. The molecule has 0 aromatic heterocycles. The molecule has 0 bridgehead atoms. The lowest BCUT2D eigenvalue weighted by molar-refractivity contribution is -0.215. The van der Waals surface area contributed by atoms with Crippen molar-refractivity contribution in [3.05, 3.63) is 71.3 Å². The van der Waals surface area contributed by atoms with Crippen molar-refractivity contribution < 1.29 is 41.0 Å². The number of esters is 1. The number of carbonyl (C=O) groups is 2. The first kappa shape index (κ1) is 22.1. The maximum Gasteiger partial charge on any atom is 0.426 e. The first-order valence-corrected chi connectivity index (χ1v) is 8.29. The van der Waals surface area contributed by atoms with Gasteiger partial charge in [0.1, 0.15) is 18.2 Å². The highest BCUT2D eigenvalue weighted by molar-refractivity contribution is 5.88. The highest BCUT2D eigenvalue weighted by Crippen LogP contribution is 2.40. The zero-order valence-corrected chi connectivity index (χ0v) is 15.1. The van der Waals surface area contributed by atoms with Gasteiger partial charge in [-0.2, -0.15) is 13.2 Å². The van der Waals surface area contributed by atoms with Gasteiger partial charge in [0.05, 0.1) is 6.61 Å². The quantitative estimate of drug-likeness (QED) is 0.565. The Hall–Kier alpha value is -3.17. The van der Waals surface area contributed by atoms with Crippen LogP contribution in [-0.2, 0) is 26.4 Å². The molecule has 2 rings (SSSR count). The van der Waals surface area contributed by atoms with Crippen molar-refractivity contribution in [3.8, 4) is 0 Å². The fourth-order valence-electron chi connectivity index (χ4n) is 2.45. The fourth-order valence-corrected chi connectivity index (χ4v) is 2.45. The topological polar surface area (TPSA) is 64.6 Å². The van der Waals surface area contributed by atoms with E-state index in [1.807, 2.05) is 0 Å². The molecule has 1 N–H and O–H groups in total. The lowest BCUT2D eigenvalue weighted by Gasteiger charge is -2.34. The summed E-state index contributed by atoms with van der Waals surface area (Å²) < 4.78 is 77.3. The van der Waals surface area contributed by atoms with E-state index in [0.29, 0.717) is 29.8 Å². The molecule has 0 fully saturated rings. The van der Waals surface area contributed by atoms with Gasteiger partial charge < -0.3 is 9.47 Å². The number of hydrogen-bond donors (Lipinski definition) is 1. The van der Waals surface area contributed by atoms with E-state index in [0.717, 1.165) is 12.1 Å². The van der Waals surface area contributed by atoms with E-state index in [-0.39, 0.29) is 0 Å². The Balaban J connectivity index is 2.35. The van der Waals surface area contributed by atoms with Gasteiger partial charge in [-0.3, -0.25) is 5.32 Å². The Labute approximate surface area is 162 Å². The first-order chi connectivity index (χ1) is 13.6. The molecule has 29 heavy (non-hydrogen) atoms. The molecule has 0 spiro atoms. The van der Waals surface area contributed by atoms with Crippen molar-refractivity contribution in [1.29, 1.82) is 0 Å². The van der Waals surface area contributed by atoms with Crippen molar-refractivity contribution in [2.75, 3.05) is 6.61 Å². The molecule has 0 radical (unpaired) electrons. The molecular formula is C19H16F5NO4. The van der Waals surface area contributed by atoms with Gasteiger partial charge in [0.2, 0.25) is 0 Å². The Kier molecular flexibility index (Phi) is 6.78. The predicted octanol–water partition coefficient (Wildman–Crippen LogP) is 4.21. The van der Waals surface area contributed by atoms with E-state index in [1.165, 1.54) is 24.4 Å². The molecule has 2 aromatic carbocycles. The SMILES string of the molecule is CCOC(=O)[C@](NC(=O)OCc1ccc(F)cc1)(c1ccc(F)cc1)C(F)(F)F. The van der Waals surface area contributed by atoms with Gasteiger partial charge in [0, 0.05) is 0 Å². The van der Waals surface area contributed by atoms with Crippen molar-refractivity contribution in [3.63, 3.8) is 0 Å². The van der Waals surface area contributed by atoms with Crippen LogP contribution in [-0.4, -0.2) is 24.8 Å². The minimum atomic E-state index is -5.34. The minimum Gasteiger partial charge on any atom is -0.464 e. The number of hydrogen-bond acceptors (Lipinski definition) is 4. The standard InChI is InChI=1S/C19H16F5NO4/c1-2-28-16(26)18(19(22,23)24,13-5-9-15(21)10-6-13)25-17(27)29-11-12-3-7-14(20)8-4-12/h3-10H,2,11H2,1H3,(H,25,27)/t18-/m1/s1. The number of nitrogens with one attached hydrogen (secondary N) is 1. The molecule has 0 saturated carbocycles. The van der Waals surface area contributed by atoms with E-state index in [2.05, 4.69) is 4.74 Å². The number of halogens is 5. The monoisotopic (exact) mass is 417 g/mol. The van der Waals surface area contributed by atoms with E-state index in [1.54, 1.807) is 0 Å². The molecular weight excluding hydrogens is 401 g/mol. The van der Waals surface area contributed by atoms with Crippen LogP contribution in [0.5, 0.6) is 0 Å². The minimum absolute atomic E-state index is 0.303. The van der Waals surface area contributed by atoms with Gasteiger partial charge in [0.15, 0.2) is 0 Å². The van der Waals surface area contributed by atoms with Crippen LogP contribution in [0.15, 0.2) is 48.5 Å². The summed E-state index contributed by atoms with van der Waals surface area (Å²) in [5.41, 5.74) is -4.07. The summed E-state index contributed by atoms with van der Waals surface area (Å²) in [7, 11) is 0. The van der Waals surface area contributed by atoms with Crippen LogP contribution in [0, 0.1) is 11.6 Å². The number of carbonyl (C=O) groups excluding carboxylic acids is 2. The van der Waals surface area contributed by atoms with Crippen LogP contribution in [0.4, 0.5) is 26.7 Å². The van der Waals surface area contributed by atoms with Crippen molar-refractivity contribution >= 4 is 12.1 Å². The van der Waals surface area contributed by atoms with Crippen LogP contribution in [0.3, 0.4) is 0 Å². The van der Waals surface area contributed by atoms with Crippen molar-refractivity contribution in [2.45, 2.75) is 25.2 Å². The molecule has 1 amide bonds. The second kappa shape index (κ2) is 8.89. The summed E-state index contributed by atoms with van der Waals surface area (Å²) >= 11 is 0. The average molecular weight is 417 g/mol. The third-order valence-electron chi connectivity index (χ3n) is 3.86. The smallest absolute Gasteiger partial charge is 0.426 e. The molecule has 0 aliphatic rings. The number of amides is 1. The highest BCUT2D eigenvalue weighted by atomic mass is 19.4. The second-order valence-electron chi connectivity index (χ2n) is 5.80. The third-order valence-corrected chi connectivity index (χ3v) is 3.86. The maximum absolute atomic E-state index is 14.0. The van der Waals surface area contributed by atoms with Gasteiger partial charge in [-0.1, -0.05) is 24.3 Å². The number of alkyl carbamates (subject to hydrolysis) is 1. The number of rotatable bonds is 6. The molecule has 0 heterocycles. The summed E-state index contributed by atoms with van der Waals surface area (Å²) in [5.74, 6) is -3.20. The Morgan fingerprint density at radius 1 is 0.897 bits per heavy atom. The van der Waals surface area contributed by atoms with Gasteiger partial charge in [-0.25, -0.2) is 18.4 Å². The average Bonchev–Trinajstić information content (AvgIpc) is 2.65. The normalized spacial score (nSPS) is 13.3. The summed E-state index contributed by atoms with van der Waals surface area (Å²) in [6.45, 7) is 0.410. The van der Waals surface area contributed by atoms with Crippen LogP contribution < -0.4 is 5.32 Å². The Morgan fingerprint density at radius 3 is 1.90 bits per heavy atom. The molecule has 0 aliphatic heterocycles. The van der Waals surface area contributed by atoms with Crippen LogP contribution in [0.25, 0.3) is 0 Å². The van der Waals surface area contributed by atoms with E-state index >= 15 is 0 Å². The number of ether oxygens (including phenoxy) is 2. The summed E-state index contributed by atoms with van der Waals surface area (Å²) in [5, 5.41) is 1.52. The van der Waals surface area contributed by atoms with Crippen molar-refractivity contribution in [1.82, 2.24) is 5.32 Å². The van der Waals surface area contributed by atoms with E-state index < -0.39 is 54.2 Å². The highest BCUT2D eigenvalue weighted by Gasteiger charge is 2.64. The molecule has 156 valence electrons. The second-order valence-corrected chi connectivity index (χ2v) is 5.80. The van der Waals surface area contributed by atoms with Gasteiger partial charge in [-0.05, 0) is 42.3 Å². The van der Waals surface area contributed by atoms with Crippen LogP contribution >= 0.6 is 0 Å². The summed E-state index contributed by atoms with van der Waals surface area (Å²) in [4.78, 5) is 24.4. The largest absolute Gasteiger partial charge is 0.464 e. The van der Waals surface area contributed by atoms with Crippen molar-refractivity contribution in [2.24, 2.45) is 0 Å². The molecule has 10 heteroatoms. The molecule has 0 saturated heterocycles. The first-order valence-electron chi connectivity index (χ1n) is 8.29. The Morgan fingerprint density at radius 2 is 1.41 bits per heavy atom. The van der Waals surface area contributed by atoms with Gasteiger partial charge in [0.25, 0.3) is 5.54 Å². The van der Waals surface area contributed by atoms with Crippen LogP contribution in [0.2, 0.25) is 0 Å². The van der Waals surface area contributed by atoms with Gasteiger partial charge >= 0.3 is 18.2 Å². The lowest BCUT2D eigenvalue weighted by atomic mass is 9.89. The maximum atomic E-state index is 14.0. The molecule has 5 nitrogen and oxygen atoms in total. The predicted molar refractivity (Wildman–Crippen MR) is 90.5 cm³/mol. The lowest BCUT2D eigenvalue weighted by Crippen LogP contribution is -2.62. The molecule has 0 unspecified atom stereocenters. The number of alkyl halides is 3. The van der Waals surface area contributed by atoms with E-state index in [4.69, 9.17) is 4.74 Å². The summed E-state index contributed by atoms with van der Waals surface area (Å²) in [6.07, 6.45) is -6.92. The third kappa shape index (κ3) is 5.01. The van der Waals surface area contributed by atoms with Gasteiger partial charge in [-0.15, -0.1) is 0 Å². The molecule has 1 atom stereocenters. The molecule has 0 aliphatic carbocycles. The zero-order valence-electron chi connectivity index (χ0n) is 15.1. The fraction of sp³-hybridized carbons (Fsp3) is 0.263. The Bertz CT molecular complexity index is 852. The van der Waals surface area contributed by atoms with Crippen LogP contribution in [0.1, 0.15) is 18.1 Å². The zero-order chi connectivity index (χ0) is 21.7. The molecule has 2 aromatic rings. The summed E-state index contributed by atoms with van der Waals surface area (Å²) in [6, 6.07) is 7.53.